The summed E-state index contributed by atoms with van der Waals surface area (Å²) < 4.78 is 7.23. The lowest BCUT2D eigenvalue weighted by atomic mass is 9.74. The van der Waals surface area contributed by atoms with Crippen LogP contribution < -0.4 is 10.1 Å². The quantitative estimate of drug-likeness (QED) is 0.794. The second-order valence-corrected chi connectivity index (χ2v) is 9.06. The molecule has 160 valence electrons. The normalized spacial score (nSPS) is 20.2. The Balaban J connectivity index is 1.51. The van der Waals surface area contributed by atoms with E-state index in [1.165, 1.54) is 0 Å². The highest BCUT2D eigenvalue weighted by Crippen LogP contribution is 2.41. The molecule has 2 aliphatic rings. The van der Waals surface area contributed by atoms with Crippen molar-refractivity contribution in [1.82, 2.24) is 20.0 Å². The molecule has 1 N–H and O–H groups in total. The zero-order chi connectivity index (χ0) is 21.3. The van der Waals surface area contributed by atoms with E-state index in [0.717, 1.165) is 48.5 Å². The Bertz CT molecular complexity index is 932. The lowest BCUT2D eigenvalue weighted by Gasteiger charge is -2.36. The van der Waals surface area contributed by atoms with Crippen LogP contribution in [0.2, 0.25) is 0 Å². The molecule has 30 heavy (non-hydrogen) atoms. The number of nitrogens with one attached hydrogen (secondary N) is 1. The summed E-state index contributed by atoms with van der Waals surface area (Å²) in [6.07, 6.45) is 5.47. The summed E-state index contributed by atoms with van der Waals surface area (Å²) in [5.74, 6) is 0.951. The molecular formula is C23H30N4O3. The molecule has 1 aromatic heterocycles. The Hall–Kier alpha value is -2.83. The molecule has 0 bridgehead atoms. The Morgan fingerprint density at radius 2 is 2.07 bits per heavy atom. The van der Waals surface area contributed by atoms with Gasteiger partial charge in [-0.1, -0.05) is 13.8 Å². The van der Waals surface area contributed by atoms with Gasteiger partial charge in [-0.2, -0.15) is 5.10 Å². The summed E-state index contributed by atoms with van der Waals surface area (Å²) in [5, 5.41) is 7.84. The lowest BCUT2D eigenvalue weighted by Crippen LogP contribution is -2.38. The molecule has 1 aliphatic carbocycles. The number of benzene rings is 1. The molecule has 0 radical (unpaired) electrons. The van der Waals surface area contributed by atoms with Crippen LogP contribution >= 0.6 is 0 Å². The first kappa shape index (κ1) is 20.4. The van der Waals surface area contributed by atoms with E-state index in [-0.39, 0.29) is 23.3 Å². The standard InChI is InChI=1S/C23H30N4O3/c1-23(2)13-19(25-21(28)10-12-26-11-4-5-22(26)29)18-15-24-27(20(18)14-23)16-6-8-17(30-3)9-7-16/h6-9,15,19H,4-5,10-14H2,1-3H3,(H,25,28)/t19-/m1/s1. The monoisotopic (exact) mass is 410 g/mol. The molecule has 7 nitrogen and oxygen atoms in total. The van der Waals surface area contributed by atoms with E-state index in [9.17, 15) is 9.59 Å². The second kappa shape index (κ2) is 8.13. The third-order valence-corrected chi connectivity index (χ3v) is 6.11. The van der Waals surface area contributed by atoms with Crippen molar-refractivity contribution in [3.63, 3.8) is 0 Å². The van der Waals surface area contributed by atoms with Crippen LogP contribution in [0.25, 0.3) is 5.69 Å². The molecule has 4 rings (SSSR count). The second-order valence-electron chi connectivity index (χ2n) is 9.06. The van der Waals surface area contributed by atoms with Gasteiger partial charge in [-0.05, 0) is 48.9 Å². The van der Waals surface area contributed by atoms with Gasteiger partial charge in [0.25, 0.3) is 0 Å². The summed E-state index contributed by atoms with van der Waals surface area (Å²) in [7, 11) is 1.65. The van der Waals surface area contributed by atoms with Crippen LogP contribution in [0.1, 0.15) is 56.8 Å². The molecular weight excluding hydrogens is 380 g/mol. The molecule has 1 saturated heterocycles. The van der Waals surface area contributed by atoms with Gasteiger partial charge in [-0.25, -0.2) is 4.68 Å². The minimum Gasteiger partial charge on any atom is -0.497 e. The fourth-order valence-electron chi connectivity index (χ4n) is 4.56. The van der Waals surface area contributed by atoms with Gasteiger partial charge >= 0.3 is 0 Å². The number of hydrogen-bond acceptors (Lipinski definition) is 4. The van der Waals surface area contributed by atoms with Gasteiger partial charge in [0, 0.05) is 31.5 Å². The highest BCUT2D eigenvalue weighted by Gasteiger charge is 2.36. The molecule has 1 aliphatic heterocycles. The van der Waals surface area contributed by atoms with Crippen molar-refractivity contribution < 1.29 is 14.3 Å². The molecule has 7 heteroatoms. The van der Waals surface area contributed by atoms with Gasteiger partial charge in [0.15, 0.2) is 0 Å². The van der Waals surface area contributed by atoms with Crippen molar-refractivity contribution in [2.24, 2.45) is 5.41 Å². The number of methoxy groups -OCH3 is 1. The van der Waals surface area contributed by atoms with Crippen molar-refractivity contribution in [3.05, 3.63) is 41.7 Å². The zero-order valence-corrected chi connectivity index (χ0v) is 18.0. The van der Waals surface area contributed by atoms with E-state index in [2.05, 4.69) is 24.3 Å². The van der Waals surface area contributed by atoms with Gasteiger partial charge in [0.05, 0.1) is 30.7 Å². The number of carbonyl (C=O) groups is 2. The SMILES string of the molecule is COc1ccc(-n2ncc3c2CC(C)(C)C[C@H]3NC(=O)CCN2CCCC2=O)cc1. The van der Waals surface area contributed by atoms with E-state index in [1.807, 2.05) is 35.1 Å². The number of nitrogens with zero attached hydrogens (tertiary/aromatic N) is 3. The summed E-state index contributed by atoms with van der Waals surface area (Å²) in [6, 6.07) is 7.77. The molecule has 1 atom stereocenters. The number of likely N-dealkylation sites (tertiary alicyclic amines) is 1. The lowest BCUT2D eigenvalue weighted by molar-refractivity contribution is -0.128. The fourth-order valence-corrected chi connectivity index (χ4v) is 4.56. The van der Waals surface area contributed by atoms with Crippen molar-refractivity contribution in [2.75, 3.05) is 20.2 Å². The van der Waals surface area contributed by atoms with Crippen LogP contribution in [0, 0.1) is 5.41 Å². The van der Waals surface area contributed by atoms with E-state index in [1.54, 1.807) is 12.0 Å². The number of ether oxygens (including phenoxy) is 1. The summed E-state index contributed by atoms with van der Waals surface area (Å²) in [4.78, 5) is 26.2. The summed E-state index contributed by atoms with van der Waals surface area (Å²) in [5.41, 5.74) is 3.24. The average Bonchev–Trinajstić information content (AvgIpc) is 3.31. The maximum Gasteiger partial charge on any atom is 0.222 e. The first-order valence-corrected chi connectivity index (χ1v) is 10.6. The predicted molar refractivity (Wildman–Crippen MR) is 114 cm³/mol. The highest BCUT2D eigenvalue weighted by atomic mass is 16.5. The third-order valence-electron chi connectivity index (χ3n) is 6.11. The van der Waals surface area contributed by atoms with E-state index < -0.39 is 0 Å². The van der Waals surface area contributed by atoms with Crippen molar-refractivity contribution in [2.45, 2.75) is 52.0 Å². The van der Waals surface area contributed by atoms with Gasteiger partial charge in [-0.15, -0.1) is 0 Å². The number of carbonyl (C=O) groups excluding carboxylic acids is 2. The Kier molecular flexibility index (Phi) is 5.54. The van der Waals surface area contributed by atoms with Crippen LogP contribution in [0.3, 0.4) is 0 Å². The Morgan fingerprint density at radius 1 is 1.30 bits per heavy atom. The maximum absolute atomic E-state index is 12.7. The molecule has 2 aromatic rings. The van der Waals surface area contributed by atoms with Crippen molar-refractivity contribution in [1.29, 1.82) is 0 Å². The molecule has 1 fully saturated rings. The van der Waals surface area contributed by atoms with Crippen LogP contribution in [0.4, 0.5) is 0 Å². The van der Waals surface area contributed by atoms with Crippen LogP contribution in [-0.4, -0.2) is 46.7 Å². The van der Waals surface area contributed by atoms with Crippen LogP contribution in [-0.2, 0) is 16.0 Å². The number of amides is 2. The predicted octanol–water partition coefficient (Wildman–Crippen LogP) is 3.02. The smallest absolute Gasteiger partial charge is 0.222 e. The largest absolute Gasteiger partial charge is 0.497 e. The summed E-state index contributed by atoms with van der Waals surface area (Å²) in [6.45, 7) is 5.72. The minimum absolute atomic E-state index is 0.0134. The van der Waals surface area contributed by atoms with E-state index >= 15 is 0 Å². The van der Waals surface area contributed by atoms with E-state index in [0.29, 0.717) is 19.4 Å². The zero-order valence-electron chi connectivity index (χ0n) is 18.0. The third kappa shape index (κ3) is 4.20. The maximum atomic E-state index is 12.7. The van der Waals surface area contributed by atoms with E-state index in [4.69, 9.17) is 4.74 Å². The Labute approximate surface area is 177 Å². The molecule has 0 saturated carbocycles. The number of aromatic nitrogens is 2. The number of fused-ring (bicyclic) bond motifs is 1. The van der Waals surface area contributed by atoms with Gasteiger partial charge in [-0.3, -0.25) is 9.59 Å². The number of rotatable bonds is 6. The fraction of sp³-hybridized carbons (Fsp3) is 0.522. The molecule has 2 heterocycles. The molecule has 0 unspecified atom stereocenters. The van der Waals surface area contributed by atoms with Crippen molar-refractivity contribution in [3.8, 4) is 11.4 Å². The van der Waals surface area contributed by atoms with Crippen LogP contribution in [0.15, 0.2) is 30.5 Å². The highest BCUT2D eigenvalue weighted by molar-refractivity contribution is 5.80. The average molecular weight is 411 g/mol. The summed E-state index contributed by atoms with van der Waals surface area (Å²) >= 11 is 0. The number of hydrogen-bond donors (Lipinski definition) is 1. The van der Waals surface area contributed by atoms with Gasteiger partial charge in [0.1, 0.15) is 5.75 Å². The molecule has 2 amide bonds. The van der Waals surface area contributed by atoms with Crippen molar-refractivity contribution >= 4 is 11.8 Å². The van der Waals surface area contributed by atoms with Gasteiger partial charge < -0.3 is 15.0 Å². The first-order valence-electron chi connectivity index (χ1n) is 10.6. The minimum atomic E-state index is -0.0717. The topological polar surface area (TPSA) is 76.5 Å². The molecule has 1 aromatic carbocycles. The molecule has 0 spiro atoms. The van der Waals surface area contributed by atoms with Gasteiger partial charge in [0.2, 0.25) is 11.8 Å². The Morgan fingerprint density at radius 3 is 2.73 bits per heavy atom. The van der Waals surface area contributed by atoms with Crippen LogP contribution in [0.5, 0.6) is 5.75 Å². The first-order chi connectivity index (χ1) is 14.4.